The summed E-state index contributed by atoms with van der Waals surface area (Å²) in [5.74, 6) is 1.06. The molecule has 2 aliphatic rings. The topological polar surface area (TPSA) is 35.6 Å². The monoisotopic (exact) mass is 349 g/mol. The molecule has 24 heavy (non-hydrogen) atoms. The zero-order valence-electron chi connectivity index (χ0n) is 14.6. The van der Waals surface area contributed by atoms with Gasteiger partial charge >= 0.3 is 0 Å². The van der Waals surface area contributed by atoms with Crippen LogP contribution in [0.2, 0.25) is 5.02 Å². The Balaban J connectivity index is 1.47. The normalized spacial score (nSPS) is 19.6. The van der Waals surface area contributed by atoms with Gasteiger partial charge in [-0.15, -0.1) is 0 Å². The molecule has 0 atom stereocenters. The number of carbonyl (C=O) groups excluding carboxylic acids is 1. The smallest absolute Gasteiger partial charge is 0.222 e. The van der Waals surface area contributed by atoms with E-state index in [0.29, 0.717) is 12.3 Å². The molecule has 0 aromatic heterocycles. The van der Waals surface area contributed by atoms with E-state index in [0.717, 1.165) is 56.6 Å². The van der Waals surface area contributed by atoms with Gasteiger partial charge in [0.05, 0.1) is 0 Å². The summed E-state index contributed by atoms with van der Waals surface area (Å²) in [5.41, 5.74) is 2.44. The second-order valence-corrected chi connectivity index (χ2v) is 7.47. The van der Waals surface area contributed by atoms with Crippen molar-refractivity contribution in [3.05, 3.63) is 28.8 Å². The standard InChI is InChI=1S/C19H28ClN3O/c1-15-2-4-17(20)14-18(15)22-10-12-23(13-11-22)19(24)5-3-16-6-8-21-9-7-16/h2,4,14,16,21H,3,5-13H2,1H3. The number of aryl methyl sites for hydroxylation is 1. The highest BCUT2D eigenvalue weighted by molar-refractivity contribution is 6.30. The fourth-order valence-corrected chi connectivity index (χ4v) is 3.94. The van der Waals surface area contributed by atoms with Crippen LogP contribution in [0.1, 0.15) is 31.2 Å². The number of anilines is 1. The Kier molecular flexibility index (Phi) is 6.01. The number of benzene rings is 1. The minimum Gasteiger partial charge on any atom is -0.368 e. The van der Waals surface area contributed by atoms with Gasteiger partial charge in [0, 0.05) is 43.3 Å². The van der Waals surface area contributed by atoms with Gasteiger partial charge in [0.15, 0.2) is 0 Å². The van der Waals surface area contributed by atoms with E-state index < -0.39 is 0 Å². The Morgan fingerprint density at radius 2 is 1.92 bits per heavy atom. The summed E-state index contributed by atoms with van der Waals surface area (Å²) in [6.07, 6.45) is 4.19. The van der Waals surface area contributed by atoms with Crippen LogP contribution < -0.4 is 10.2 Å². The molecular weight excluding hydrogens is 322 g/mol. The van der Waals surface area contributed by atoms with Gasteiger partial charge in [0.2, 0.25) is 5.91 Å². The molecule has 0 saturated carbocycles. The minimum absolute atomic E-state index is 0.330. The molecule has 0 aliphatic carbocycles. The van der Waals surface area contributed by atoms with Crippen LogP contribution in [0.25, 0.3) is 0 Å². The number of amides is 1. The Morgan fingerprint density at radius 1 is 1.21 bits per heavy atom. The van der Waals surface area contributed by atoms with Crippen molar-refractivity contribution in [3.8, 4) is 0 Å². The van der Waals surface area contributed by atoms with Crippen LogP contribution in [-0.4, -0.2) is 50.1 Å². The Bertz CT molecular complexity index is 564. The third-order valence-corrected chi connectivity index (χ3v) is 5.60. The Labute approximate surface area is 150 Å². The molecule has 2 saturated heterocycles. The van der Waals surface area contributed by atoms with E-state index >= 15 is 0 Å². The van der Waals surface area contributed by atoms with Gasteiger partial charge in [-0.25, -0.2) is 0 Å². The number of rotatable bonds is 4. The number of piperidine rings is 1. The maximum absolute atomic E-state index is 12.5. The molecule has 2 aliphatic heterocycles. The summed E-state index contributed by atoms with van der Waals surface area (Å²) in [6, 6.07) is 6.03. The van der Waals surface area contributed by atoms with E-state index in [2.05, 4.69) is 23.2 Å². The van der Waals surface area contributed by atoms with Gasteiger partial charge in [-0.1, -0.05) is 17.7 Å². The van der Waals surface area contributed by atoms with Gasteiger partial charge in [-0.05, 0) is 62.9 Å². The summed E-state index contributed by atoms with van der Waals surface area (Å²) >= 11 is 6.13. The van der Waals surface area contributed by atoms with Crippen LogP contribution in [0.15, 0.2) is 18.2 Å². The van der Waals surface area contributed by atoms with E-state index in [1.807, 2.05) is 17.0 Å². The quantitative estimate of drug-likeness (QED) is 0.907. The Hall–Kier alpha value is -1.26. The number of nitrogens with zero attached hydrogens (tertiary/aromatic N) is 2. The number of hydrogen-bond acceptors (Lipinski definition) is 3. The molecule has 0 radical (unpaired) electrons. The second kappa shape index (κ2) is 8.21. The first kappa shape index (κ1) is 17.6. The minimum atomic E-state index is 0.330. The summed E-state index contributed by atoms with van der Waals surface area (Å²) in [4.78, 5) is 16.9. The average molecular weight is 350 g/mol. The number of halogens is 1. The van der Waals surface area contributed by atoms with Crippen molar-refractivity contribution in [2.24, 2.45) is 5.92 Å². The predicted molar refractivity (Wildman–Crippen MR) is 99.8 cm³/mol. The molecule has 5 heteroatoms. The number of hydrogen-bond donors (Lipinski definition) is 1. The van der Waals surface area contributed by atoms with Gasteiger partial charge in [0.25, 0.3) is 0 Å². The van der Waals surface area contributed by atoms with Crippen molar-refractivity contribution in [2.75, 3.05) is 44.2 Å². The first-order chi connectivity index (χ1) is 11.6. The van der Waals surface area contributed by atoms with E-state index in [4.69, 9.17) is 11.6 Å². The Morgan fingerprint density at radius 3 is 2.62 bits per heavy atom. The largest absolute Gasteiger partial charge is 0.368 e. The number of nitrogens with one attached hydrogen (secondary N) is 1. The molecule has 1 aromatic carbocycles. The highest BCUT2D eigenvalue weighted by Gasteiger charge is 2.23. The van der Waals surface area contributed by atoms with Crippen molar-refractivity contribution < 1.29 is 4.79 Å². The van der Waals surface area contributed by atoms with Crippen molar-refractivity contribution in [2.45, 2.75) is 32.6 Å². The maximum Gasteiger partial charge on any atom is 0.222 e. The van der Waals surface area contributed by atoms with E-state index in [9.17, 15) is 4.79 Å². The van der Waals surface area contributed by atoms with Crippen molar-refractivity contribution in [1.29, 1.82) is 0 Å². The molecule has 0 spiro atoms. The number of carbonyl (C=O) groups is 1. The molecule has 1 aromatic rings. The SMILES string of the molecule is Cc1ccc(Cl)cc1N1CCN(C(=O)CCC2CCNCC2)CC1. The first-order valence-corrected chi connectivity index (χ1v) is 9.51. The molecule has 132 valence electrons. The molecular formula is C19H28ClN3O. The zero-order valence-corrected chi connectivity index (χ0v) is 15.3. The lowest BCUT2D eigenvalue weighted by molar-refractivity contribution is -0.131. The molecule has 2 fully saturated rings. The van der Waals surface area contributed by atoms with Gasteiger partial charge in [0.1, 0.15) is 0 Å². The zero-order chi connectivity index (χ0) is 16.9. The third kappa shape index (κ3) is 4.42. The predicted octanol–water partition coefficient (Wildman–Crippen LogP) is 3.08. The fraction of sp³-hybridized carbons (Fsp3) is 0.632. The molecule has 2 heterocycles. The number of piperazine rings is 1. The van der Waals surface area contributed by atoms with Gasteiger partial charge in [-0.2, -0.15) is 0 Å². The van der Waals surface area contributed by atoms with Gasteiger partial charge in [-0.3, -0.25) is 4.79 Å². The average Bonchev–Trinajstić information content (AvgIpc) is 2.63. The molecule has 3 rings (SSSR count). The maximum atomic E-state index is 12.5. The van der Waals surface area contributed by atoms with E-state index in [-0.39, 0.29) is 0 Å². The molecule has 4 nitrogen and oxygen atoms in total. The lowest BCUT2D eigenvalue weighted by atomic mass is 9.93. The first-order valence-electron chi connectivity index (χ1n) is 9.13. The molecule has 1 N–H and O–H groups in total. The van der Waals surface area contributed by atoms with Crippen LogP contribution in [0, 0.1) is 12.8 Å². The van der Waals surface area contributed by atoms with Gasteiger partial charge < -0.3 is 15.1 Å². The van der Waals surface area contributed by atoms with Crippen LogP contribution in [0.4, 0.5) is 5.69 Å². The summed E-state index contributed by atoms with van der Waals surface area (Å²) in [6.45, 7) is 7.74. The summed E-state index contributed by atoms with van der Waals surface area (Å²) < 4.78 is 0. The molecule has 0 unspecified atom stereocenters. The lowest BCUT2D eigenvalue weighted by Gasteiger charge is -2.37. The fourth-order valence-electron chi connectivity index (χ4n) is 3.78. The van der Waals surface area contributed by atoms with Crippen LogP contribution >= 0.6 is 11.6 Å². The summed E-state index contributed by atoms with van der Waals surface area (Å²) in [7, 11) is 0. The van der Waals surface area contributed by atoms with E-state index in [1.54, 1.807) is 0 Å². The van der Waals surface area contributed by atoms with Crippen molar-refractivity contribution in [1.82, 2.24) is 10.2 Å². The third-order valence-electron chi connectivity index (χ3n) is 5.37. The summed E-state index contributed by atoms with van der Waals surface area (Å²) in [5, 5.41) is 4.16. The van der Waals surface area contributed by atoms with Crippen molar-refractivity contribution >= 4 is 23.2 Å². The van der Waals surface area contributed by atoms with Crippen molar-refractivity contribution in [3.63, 3.8) is 0 Å². The van der Waals surface area contributed by atoms with E-state index in [1.165, 1.54) is 24.1 Å². The molecule has 0 bridgehead atoms. The molecule has 1 amide bonds. The van der Waals surface area contributed by atoms with Crippen LogP contribution in [0.5, 0.6) is 0 Å². The lowest BCUT2D eigenvalue weighted by Crippen LogP contribution is -2.49. The van der Waals surface area contributed by atoms with Crippen LogP contribution in [0.3, 0.4) is 0 Å². The highest BCUT2D eigenvalue weighted by Crippen LogP contribution is 2.25. The second-order valence-electron chi connectivity index (χ2n) is 7.03. The highest BCUT2D eigenvalue weighted by atomic mass is 35.5. The van der Waals surface area contributed by atoms with Crippen LogP contribution in [-0.2, 0) is 4.79 Å².